The van der Waals surface area contributed by atoms with Crippen LogP contribution in [0.1, 0.15) is 15.9 Å². The fraction of sp³-hybridized carbons (Fsp3) is 0.0556. The fourth-order valence-electron chi connectivity index (χ4n) is 2.48. The SMILES string of the molecule is COc1c(C(=O)/C=C/c2ccc([N+](=O)[O-])cc2)c(O)cc2occc12. The number of phenolic OH excluding ortho intramolecular Hbond substituents is 1. The van der Waals surface area contributed by atoms with E-state index in [0.717, 1.165) is 0 Å². The third-order valence-corrected chi connectivity index (χ3v) is 3.67. The zero-order valence-corrected chi connectivity index (χ0v) is 13.1. The van der Waals surface area contributed by atoms with Crippen LogP contribution in [0.2, 0.25) is 0 Å². The summed E-state index contributed by atoms with van der Waals surface area (Å²) in [6.07, 6.45) is 4.21. The van der Waals surface area contributed by atoms with Crippen molar-refractivity contribution in [2.24, 2.45) is 0 Å². The summed E-state index contributed by atoms with van der Waals surface area (Å²) >= 11 is 0. The number of allylic oxidation sites excluding steroid dienone is 1. The quantitative estimate of drug-likeness (QED) is 0.327. The summed E-state index contributed by atoms with van der Waals surface area (Å²) < 4.78 is 10.5. The molecule has 0 aliphatic carbocycles. The highest BCUT2D eigenvalue weighted by molar-refractivity contribution is 6.13. The van der Waals surface area contributed by atoms with Gasteiger partial charge in [0, 0.05) is 18.2 Å². The predicted octanol–water partition coefficient (Wildman–Crippen LogP) is 3.95. The summed E-state index contributed by atoms with van der Waals surface area (Å²) in [6, 6.07) is 8.74. The Morgan fingerprint density at radius 3 is 2.64 bits per heavy atom. The molecule has 7 heteroatoms. The monoisotopic (exact) mass is 339 g/mol. The van der Waals surface area contributed by atoms with Crippen molar-refractivity contribution in [2.45, 2.75) is 0 Å². The van der Waals surface area contributed by atoms with Gasteiger partial charge in [-0.2, -0.15) is 0 Å². The first-order valence-electron chi connectivity index (χ1n) is 7.25. The Morgan fingerprint density at radius 1 is 1.28 bits per heavy atom. The van der Waals surface area contributed by atoms with Gasteiger partial charge >= 0.3 is 0 Å². The lowest BCUT2D eigenvalue weighted by atomic mass is 10.0. The zero-order valence-electron chi connectivity index (χ0n) is 13.1. The van der Waals surface area contributed by atoms with E-state index < -0.39 is 10.7 Å². The highest BCUT2D eigenvalue weighted by Crippen LogP contribution is 2.37. The molecule has 25 heavy (non-hydrogen) atoms. The van der Waals surface area contributed by atoms with E-state index in [1.54, 1.807) is 6.07 Å². The van der Waals surface area contributed by atoms with Gasteiger partial charge in [0.15, 0.2) is 5.78 Å². The first-order chi connectivity index (χ1) is 12.0. The molecule has 0 fully saturated rings. The van der Waals surface area contributed by atoms with Crippen LogP contribution in [0.5, 0.6) is 11.5 Å². The standard InChI is InChI=1S/C18H13NO6/c1-24-18-13-8-9-25-16(13)10-15(21)17(18)14(20)7-4-11-2-5-12(6-3-11)19(22)23/h2-10,21H,1H3/b7-4+. The van der Waals surface area contributed by atoms with Crippen molar-refractivity contribution in [1.82, 2.24) is 0 Å². The Hall–Kier alpha value is -3.61. The number of fused-ring (bicyclic) bond motifs is 1. The van der Waals surface area contributed by atoms with Crippen LogP contribution >= 0.6 is 0 Å². The van der Waals surface area contributed by atoms with E-state index in [2.05, 4.69) is 0 Å². The zero-order chi connectivity index (χ0) is 18.0. The summed E-state index contributed by atoms with van der Waals surface area (Å²) in [4.78, 5) is 22.6. The third-order valence-electron chi connectivity index (χ3n) is 3.67. The molecular formula is C18H13NO6. The van der Waals surface area contributed by atoms with Crippen LogP contribution in [0.3, 0.4) is 0 Å². The minimum absolute atomic E-state index is 0.0227. The lowest BCUT2D eigenvalue weighted by Crippen LogP contribution is -2.00. The Morgan fingerprint density at radius 2 is 2.00 bits per heavy atom. The number of aromatic hydroxyl groups is 1. The van der Waals surface area contributed by atoms with E-state index in [1.807, 2.05) is 0 Å². The van der Waals surface area contributed by atoms with Crippen molar-refractivity contribution in [1.29, 1.82) is 0 Å². The van der Waals surface area contributed by atoms with Gasteiger partial charge in [-0.05, 0) is 29.8 Å². The van der Waals surface area contributed by atoms with Crippen LogP contribution in [0.25, 0.3) is 17.0 Å². The van der Waals surface area contributed by atoms with Crippen molar-refractivity contribution in [2.75, 3.05) is 7.11 Å². The lowest BCUT2D eigenvalue weighted by molar-refractivity contribution is -0.384. The van der Waals surface area contributed by atoms with Gasteiger partial charge in [-0.15, -0.1) is 0 Å². The maximum Gasteiger partial charge on any atom is 0.269 e. The molecule has 0 saturated heterocycles. The van der Waals surface area contributed by atoms with Crippen molar-refractivity contribution in [3.8, 4) is 11.5 Å². The van der Waals surface area contributed by atoms with E-state index in [-0.39, 0.29) is 22.7 Å². The number of furan rings is 1. The summed E-state index contributed by atoms with van der Waals surface area (Å²) in [5.41, 5.74) is 1.01. The number of rotatable bonds is 5. The van der Waals surface area contributed by atoms with Gasteiger partial charge < -0.3 is 14.3 Å². The molecule has 0 saturated carbocycles. The number of nitrogens with zero attached hydrogens (tertiary/aromatic N) is 1. The predicted molar refractivity (Wildman–Crippen MR) is 90.9 cm³/mol. The van der Waals surface area contributed by atoms with Gasteiger partial charge in [0.25, 0.3) is 5.69 Å². The van der Waals surface area contributed by atoms with Crippen LogP contribution in [0.4, 0.5) is 5.69 Å². The smallest absolute Gasteiger partial charge is 0.269 e. The van der Waals surface area contributed by atoms with Gasteiger partial charge in [0.1, 0.15) is 22.6 Å². The number of nitro benzene ring substituents is 1. The third kappa shape index (κ3) is 3.07. The van der Waals surface area contributed by atoms with E-state index in [1.165, 1.54) is 55.9 Å². The maximum atomic E-state index is 12.5. The number of ether oxygens (including phenoxy) is 1. The molecule has 1 N–H and O–H groups in total. The minimum atomic E-state index is -0.498. The van der Waals surface area contributed by atoms with Gasteiger partial charge in [-0.1, -0.05) is 6.08 Å². The number of carbonyl (C=O) groups is 1. The summed E-state index contributed by atoms with van der Waals surface area (Å²) in [5.74, 6) is -0.490. The number of phenols is 1. The topological polar surface area (TPSA) is 103 Å². The molecule has 0 bridgehead atoms. The molecule has 0 radical (unpaired) electrons. The van der Waals surface area contributed by atoms with Crippen molar-refractivity contribution in [3.05, 3.63) is 70.0 Å². The highest BCUT2D eigenvalue weighted by atomic mass is 16.6. The number of benzene rings is 2. The molecule has 0 unspecified atom stereocenters. The van der Waals surface area contributed by atoms with Crippen molar-refractivity contribution in [3.63, 3.8) is 0 Å². The normalized spacial score (nSPS) is 11.1. The molecule has 0 amide bonds. The second-order valence-corrected chi connectivity index (χ2v) is 5.18. The summed E-state index contributed by atoms with van der Waals surface area (Å²) in [5, 5.41) is 21.4. The number of methoxy groups -OCH3 is 1. The Kier molecular flexibility index (Phi) is 4.21. The van der Waals surface area contributed by atoms with Gasteiger partial charge in [0.05, 0.1) is 23.7 Å². The molecule has 3 aromatic rings. The van der Waals surface area contributed by atoms with Gasteiger partial charge in [0.2, 0.25) is 0 Å². The van der Waals surface area contributed by atoms with Crippen LogP contribution in [-0.4, -0.2) is 22.9 Å². The second-order valence-electron chi connectivity index (χ2n) is 5.18. The Balaban J connectivity index is 1.94. The summed E-state index contributed by atoms with van der Waals surface area (Å²) in [6.45, 7) is 0. The average molecular weight is 339 g/mol. The average Bonchev–Trinajstić information content (AvgIpc) is 3.06. The van der Waals surface area contributed by atoms with Crippen molar-refractivity contribution >= 4 is 28.5 Å². The largest absolute Gasteiger partial charge is 0.507 e. The number of carbonyl (C=O) groups excluding carboxylic acids is 1. The first-order valence-corrected chi connectivity index (χ1v) is 7.25. The minimum Gasteiger partial charge on any atom is -0.507 e. The molecule has 1 aromatic heterocycles. The lowest BCUT2D eigenvalue weighted by Gasteiger charge is -2.09. The summed E-state index contributed by atoms with van der Waals surface area (Å²) in [7, 11) is 1.40. The molecule has 0 atom stereocenters. The molecule has 0 spiro atoms. The number of hydrogen-bond acceptors (Lipinski definition) is 6. The molecule has 7 nitrogen and oxygen atoms in total. The van der Waals surface area contributed by atoms with E-state index in [9.17, 15) is 20.0 Å². The molecular weight excluding hydrogens is 326 g/mol. The molecule has 0 aliphatic heterocycles. The van der Waals surface area contributed by atoms with Crippen LogP contribution in [0, 0.1) is 10.1 Å². The van der Waals surface area contributed by atoms with Crippen molar-refractivity contribution < 1.29 is 24.0 Å². The Labute approximate surface area is 141 Å². The van der Waals surface area contributed by atoms with E-state index in [0.29, 0.717) is 16.5 Å². The van der Waals surface area contributed by atoms with Crippen LogP contribution < -0.4 is 4.74 Å². The van der Waals surface area contributed by atoms with Crippen LogP contribution in [0.15, 0.2) is 53.2 Å². The van der Waals surface area contributed by atoms with E-state index in [4.69, 9.17) is 9.15 Å². The van der Waals surface area contributed by atoms with Crippen LogP contribution in [-0.2, 0) is 0 Å². The second kappa shape index (κ2) is 6.48. The molecule has 1 heterocycles. The Bertz CT molecular complexity index is 985. The fourth-order valence-corrected chi connectivity index (χ4v) is 2.48. The van der Waals surface area contributed by atoms with Gasteiger partial charge in [-0.25, -0.2) is 0 Å². The molecule has 2 aromatic carbocycles. The highest BCUT2D eigenvalue weighted by Gasteiger charge is 2.20. The molecule has 126 valence electrons. The molecule has 0 aliphatic rings. The number of non-ortho nitro benzene ring substituents is 1. The number of ketones is 1. The maximum absolute atomic E-state index is 12.5. The first kappa shape index (κ1) is 16.3. The molecule has 3 rings (SSSR count). The van der Waals surface area contributed by atoms with E-state index >= 15 is 0 Å². The number of hydrogen-bond donors (Lipinski definition) is 1. The number of nitro groups is 1. The van der Waals surface area contributed by atoms with Gasteiger partial charge in [-0.3, -0.25) is 14.9 Å².